The van der Waals surface area contributed by atoms with Crippen LogP contribution in [0.15, 0.2) is 24.3 Å². The van der Waals surface area contributed by atoms with Crippen molar-refractivity contribution in [2.75, 3.05) is 0 Å². The van der Waals surface area contributed by atoms with Crippen molar-refractivity contribution < 1.29 is 5.11 Å². The third-order valence-electron chi connectivity index (χ3n) is 3.03. The van der Waals surface area contributed by atoms with Gasteiger partial charge in [-0.2, -0.15) is 10.4 Å². The maximum Gasteiger partial charge on any atom is 0.138 e. The van der Waals surface area contributed by atoms with Gasteiger partial charge < -0.3 is 5.11 Å². The van der Waals surface area contributed by atoms with Crippen LogP contribution in [-0.4, -0.2) is 14.9 Å². The molecule has 0 radical (unpaired) electrons. The molecule has 4 nitrogen and oxygen atoms in total. The summed E-state index contributed by atoms with van der Waals surface area (Å²) in [6.45, 7) is 5.91. The molecule has 0 bridgehead atoms. The molecule has 104 valence electrons. The molecular weight excluding hydrogens is 274 g/mol. The van der Waals surface area contributed by atoms with E-state index in [0.29, 0.717) is 16.3 Å². The van der Waals surface area contributed by atoms with Gasteiger partial charge in [-0.05, 0) is 24.3 Å². The Morgan fingerprint density at radius 1 is 1.30 bits per heavy atom. The highest BCUT2D eigenvalue weighted by Crippen LogP contribution is 2.31. The number of aromatic nitrogens is 2. The molecule has 1 aromatic carbocycles. The third-order valence-corrected chi connectivity index (χ3v) is 3.42. The van der Waals surface area contributed by atoms with Gasteiger partial charge in [0.05, 0.1) is 29.6 Å². The van der Waals surface area contributed by atoms with E-state index in [1.807, 2.05) is 20.8 Å². The second-order valence-corrected chi connectivity index (χ2v) is 5.95. The highest BCUT2D eigenvalue weighted by molar-refractivity contribution is 6.30. The summed E-state index contributed by atoms with van der Waals surface area (Å²) >= 11 is 6.32. The minimum Gasteiger partial charge on any atom is -0.391 e. The number of benzene rings is 1. The van der Waals surface area contributed by atoms with Gasteiger partial charge in [-0.1, -0.05) is 32.4 Å². The van der Waals surface area contributed by atoms with E-state index in [0.717, 1.165) is 11.4 Å². The maximum atomic E-state index is 9.52. The van der Waals surface area contributed by atoms with Crippen LogP contribution < -0.4 is 0 Å². The van der Waals surface area contributed by atoms with Gasteiger partial charge in [-0.15, -0.1) is 0 Å². The molecule has 0 saturated carbocycles. The summed E-state index contributed by atoms with van der Waals surface area (Å²) in [5.41, 5.74) is 2.55. The smallest absolute Gasteiger partial charge is 0.138 e. The van der Waals surface area contributed by atoms with E-state index < -0.39 is 0 Å². The molecule has 1 heterocycles. The Bertz CT molecular complexity index is 660. The van der Waals surface area contributed by atoms with E-state index in [1.54, 1.807) is 28.9 Å². The van der Waals surface area contributed by atoms with Crippen LogP contribution in [0.3, 0.4) is 0 Å². The van der Waals surface area contributed by atoms with E-state index in [2.05, 4.69) is 11.2 Å². The lowest BCUT2D eigenvalue weighted by Crippen LogP contribution is -2.14. The molecule has 0 spiro atoms. The number of nitriles is 1. The first-order valence-corrected chi connectivity index (χ1v) is 6.65. The molecule has 1 aromatic heterocycles. The van der Waals surface area contributed by atoms with Gasteiger partial charge in [0.25, 0.3) is 0 Å². The fourth-order valence-corrected chi connectivity index (χ4v) is 2.31. The predicted molar refractivity (Wildman–Crippen MR) is 77.9 cm³/mol. The Labute approximate surface area is 123 Å². The normalized spacial score (nSPS) is 11.4. The van der Waals surface area contributed by atoms with Crippen LogP contribution in [0.5, 0.6) is 0 Å². The molecule has 20 heavy (non-hydrogen) atoms. The summed E-state index contributed by atoms with van der Waals surface area (Å²) in [6.07, 6.45) is 0. The van der Waals surface area contributed by atoms with E-state index in [4.69, 9.17) is 16.9 Å². The van der Waals surface area contributed by atoms with Crippen LogP contribution >= 0.6 is 11.6 Å². The van der Waals surface area contributed by atoms with Crippen molar-refractivity contribution in [1.82, 2.24) is 9.78 Å². The van der Waals surface area contributed by atoms with Gasteiger partial charge in [0.15, 0.2) is 0 Å². The first-order chi connectivity index (χ1) is 9.38. The molecule has 0 saturated heterocycles. The predicted octanol–water partition coefficient (Wildman–Crippen LogP) is 3.19. The van der Waals surface area contributed by atoms with E-state index in [-0.39, 0.29) is 12.0 Å². The van der Waals surface area contributed by atoms with Gasteiger partial charge in [0.1, 0.15) is 5.15 Å². The van der Waals surface area contributed by atoms with Gasteiger partial charge in [0, 0.05) is 11.0 Å². The van der Waals surface area contributed by atoms with Gasteiger partial charge in [-0.3, -0.25) is 0 Å². The Balaban J connectivity index is 2.57. The summed E-state index contributed by atoms with van der Waals surface area (Å²) < 4.78 is 1.59. The number of hydrogen-bond acceptors (Lipinski definition) is 3. The number of aliphatic hydroxyl groups excluding tert-OH is 1. The number of halogens is 1. The monoisotopic (exact) mass is 289 g/mol. The van der Waals surface area contributed by atoms with Crippen molar-refractivity contribution >= 4 is 11.6 Å². The molecule has 2 aromatic rings. The lowest BCUT2D eigenvalue weighted by atomic mass is 9.90. The van der Waals surface area contributed by atoms with Gasteiger partial charge in [0.2, 0.25) is 0 Å². The largest absolute Gasteiger partial charge is 0.391 e. The fraction of sp³-hybridized carbons (Fsp3) is 0.333. The molecule has 0 aliphatic heterocycles. The fourth-order valence-electron chi connectivity index (χ4n) is 2.02. The lowest BCUT2D eigenvalue weighted by Gasteiger charge is -2.16. The summed E-state index contributed by atoms with van der Waals surface area (Å²) in [6, 6.07) is 9.06. The lowest BCUT2D eigenvalue weighted by molar-refractivity contribution is 0.278. The first-order valence-electron chi connectivity index (χ1n) is 6.27. The molecule has 0 aliphatic rings. The van der Waals surface area contributed by atoms with E-state index >= 15 is 0 Å². The molecule has 0 fully saturated rings. The van der Waals surface area contributed by atoms with Crippen LogP contribution in [0.1, 0.15) is 37.6 Å². The van der Waals surface area contributed by atoms with Crippen molar-refractivity contribution in [2.24, 2.45) is 0 Å². The molecule has 0 atom stereocenters. The van der Waals surface area contributed by atoms with Crippen molar-refractivity contribution in [1.29, 1.82) is 5.26 Å². The van der Waals surface area contributed by atoms with Crippen LogP contribution in [0.2, 0.25) is 5.15 Å². The zero-order valence-corrected chi connectivity index (χ0v) is 12.4. The summed E-state index contributed by atoms with van der Waals surface area (Å²) in [5.74, 6) is 0. The Kier molecular flexibility index (Phi) is 3.85. The van der Waals surface area contributed by atoms with E-state index in [9.17, 15) is 5.11 Å². The standard InChI is InChI=1S/C15H16ClN3O/c1-15(2,3)13-12(9-20)14(16)19(18-13)11-6-4-10(8-17)5-7-11/h4-7,20H,9H2,1-3H3. The van der Waals surface area contributed by atoms with Crippen molar-refractivity contribution in [3.05, 3.63) is 46.2 Å². The summed E-state index contributed by atoms with van der Waals surface area (Å²) in [4.78, 5) is 0. The summed E-state index contributed by atoms with van der Waals surface area (Å²) in [5, 5.41) is 23.3. The van der Waals surface area contributed by atoms with E-state index in [1.165, 1.54) is 0 Å². The zero-order chi connectivity index (χ0) is 14.9. The number of aliphatic hydroxyl groups is 1. The van der Waals surface area contributed by atoms with Crippen molar-refractivity contribution in [3.63, 3.8) is 0 Å². The number of nitrogens with zero attached hydrogens (tertiary/aromatic N) is 3. The number of hydrogen-bond donors (Lipinski definition) is 1. The second kappa shape index (κ2) is 5.28. The molecular formula is C15H16ClN3O. The van der Waals surface area contributed by atoms with Gasteiger partial charge in [-0.25, -0.2) is 4.68 Å². The van der Waals surface area contributed by atoms with Crippen molar-refractivity contribution in [3.8, 4) is 11.8 Å². The summed E-state index contributed by atoms with van der Waals surface area (Å²) in [7, 11) is 0. The maximum absolute atomic E-state index is 9.52. The highest BCUT2D eigenvalue weighted by atomic mass is 35.5. The molecule has 0 unspecified atom stereocenters. The molecule has 2 rings (SSSR count). The minimum absolute atomic E-state index is 0.151. The highest BCUT2D eigenvalue weighted by Gasteiger charge is 2.26. The minimum atomic E-state index is -0.209. The van der Waals surface area contributed by atoms with Crippen LogP contribution in [0.4, 0.5) is 0 Å². The molecule has 0 amide bonds. The topological polar surface area (TPSA) is 61.8 Å². The zero-order valence-electron chi connectivity index (χ0n) is 11.7. The van der Waals surface area contributed by atoms with Crippen LogP contribution in [0, 0.1) is 11.3 Å². The quantitative estimate of drug-likeness (QED) is 0.923. The van der Waals surface area contributed by atoms with Crippen LogP contribution in [0.25, 0.3) is 5.69 Å². The Morgan fingerprint density at radius 3 is 2.30 bits per heavy atom. The average molecular weight is 290 g/mol. The molecule has 5 heteroatoms. The third kappa shape index (κ3) is 2.55. The average Bonchev–Trinajstić information content (AvgIpc) is 2.76. The molecule has 1 N–H and O–H groups in total. The Hall–Kier alpha value is -1.83. The SMILES string of the molecule is CC(C)(C)c1nn(-c2ccc(C#N)cc2)c(Cl)c1CO. The van der Waals surface area contributed by atoms with Gasteiger partial charge >= 0.3 is 0 Å². The molecule has 0 aliphatic carbocycles. The first kappa shape index (κ1) is 14.6. The number of rotatable bonds is 2. The second-order valence-electron chi connectivity index (χ2n) is 5.60. The van der Waals surface area contributed by atoms with Crippen molar-refractivity contribution in [2.45, 2.75) is 32.8 Å². The van der Waals surface area contributed by atoms with Crippen LogP contribution in [-0.2, 0) is 12.0 Å². The Morgan fingerprint density at radius 2 is 1.90 bits per heavy atom.